The third-order valence-corrected chi connectivity index (χ3v) is 9.55. The number of nitrogens with zero attached hydrogens (tertiary/aromatic N) is 2. The number of furan rings is 2. The SMILES string of the molecule is [2H]C([2H])([2H])c1ccc(-c2[c-]cccc2)nc1.[Ir].[c-]1ccc2c(oc3c2ccc2c3ccc3c4ccccc4oc32)c1-c1cc(C2CCCC2)ccn1. The number of hydrogen-bond donors (Lipinski definition) is 0. The Morgan fingerprint density at radius 1 is 0.653 bits per heavy atom. The molecule has 5 aromatic carbocycles. The van der Waals surface area contributed by atoms with Gasteiger partial charge < -0.3 is 18.8 Å². The molecule has 5 heteroatoms. The first kappa shape index (κ1) is 27.8. The molecule has 0 bridgehead atoms. The summed E-state index contributed by atoms with van der Waals surface area (Å²) in [5.41, 5.74) is 8.63. The molecule has 10 rings (SSSR count). The molecule has 0 unspecified atom stereocenters. The molecule has 0 saturated heterocycles. The second kappa shape index (κ2) is 13.1. The number of aryl methyl sites for hydroxylation is 1. The first-order valence-electron chi connectivity index (χ1n) is 17.9. The fourth-order valence-electron chi connectivity index (χ4n) is 7.18. The van der Waals surface area contributed by atoms with Crippen molar-refractivity contribution in [1.29, 1.82) is 0 Å². The first-order valence-corrected chi connectivity index (χ1v) is 16.4. The van der Waals surface area contributed by atoms with Gasteiger partial charge in [-0.2, -0.15) is 0 Å². The van der Waals surface area contributed by atoms with Crippen LogP contribution in [0.2, 0.25) is 0 Å². The van der Waals surface area contributed by atoms with Crippen molar-refractivity contribution in [2.75, 3.05) is 0 Å². The predicted octanol–water partition coefficient (Wildman–Crippen LogP) is 12.0. The fourth-order valence-corrected chi connectivity index (χ4v) is 7.18. The number of pyridine rings is 2. The van der Waals surface area contributed by atoms with Gasteiger partial charge in [-0.1, -0.05) is 71.8 Å². The van der Waals surface area contributed by atoms with E-state index in [-0.39, 0.29) is 25.7 Å². The molecule has 0 atom stereocenters. The average molecular weight is 816 g/mol. The van der Waals surface area contributed by atoms with E-state index in [4.69, 9.17) is 17.9 Å². The standard InChI is InChI=1S/C32H22NO2.C12H10N.Ir/c1-2-7-19(6-1)20-16-17-33-28(18-20)27-10-5-9-22-24-14-15-25-26(31(24)35-32(22)27)13-12-23-21-8-3-4-11-29(21)34-30(23)25;1-10-7-8-12(13-9-10)11-5-3-2-4-6-11;/h3-5,8-9,11-19H,1-2,6-7H2;2-5,7-9H,1H3;/q2*-1;/i;1D3;. The minimum atomic E-state index is -2.09. The number of rotatable bonds is 3. The largest absolute Gasteiger partial charge is 0.500 e. The zero-order valence-corrected chi connectivity index (χ0v) is 28.9. The van der Waals surface area contributed by atoms with Gasteiger partial charge in [0.1, 0.15) is 16.7 Å². The molecule has 1 aliphatic carbocycles. The third kappa shape index (κ3) is 5.63. The molecule has 1 aliphatic rings. The molecule has 0 aliphatic heterocycles. The smallest absolute Gasteiger partial charge is 0.143 e. The minimum absolute atomic E-state index is 0. The Bertz CT molecular complexity index is 2690. The second-order valence-electron chi connectivity index (χ2n) is 12.4. The zero-order valence-electron chi connectivity index (χ0n) is 29.5. The number of hydrogen-bond acceptors (Lipinski definition) is 4. The Labute approximate surface area is 302 Å². The van der Waals surface area contributed by atoms with Gasteiger partial charge in [-0.15, -0.1) is 54.1 Å². The van der Waals surface area contributed by atoms with Crippen LogP contribution in [0.15, 0.2) is 130 Å². The Morgan fingerprint density at radius 2 is 1.39 bits per heavy atom. The van der Waals surface area contributed by atoms with Crippen LogP contribution in [0.5, 0.6) is 0 Å². The van der Waals surface area contributed by atoms with Crippen molar-refractivity contribution in [1.82, 2.24) is 9.97 Å². The van der Waals surface area contributed by atoms with E-state index >= 15 is 0 Å². The molecule has 4 heterocycles. The molecule has 0 N–H and O–H groups in total. The third-order valence-electron chi connectivity index (χ3n) is 9.55. The molecule has 0 spiro atoms. The monoisotopic (exact) mass is 816 g/mol. The quantitative estimate of drug-likeness (QED) is 0.167. The van der Waals surface area contributed by atoms with E-state index in [1.54, 1.807) is 18.2 Å². The van der Waals surface area contributed by atoms with E-state index in [9.17, 15) is 0 Å². The molecule has 1 fully saturated rings. The van der Waals surface area contributed by atoms with E-state index < -0.39 is 6.85 Å². The number of aromatic nitrogens is 2. The maximum atomic E-state index is 7.23. The molecule has 1 radical (unpaired) electrons. The molecule has 0 amide bonds. The predicted molar refractivity (Wildman–Crippen MR) is 195 cm³/mol. The molecule has 4 aromatic heterocycles. The number of benzene rings is 5. The van der Waals surface area contributed by atoms with Gasteiger partial charge in [-0.05, 0) is 72.9 Å². The topological polar surface area (TPSA) is 52.1 Å². The van der Waals surface area contributed by atoms with Crippen molar-refractivity contribution in [2.45, 2.75) is 38.5 Å². The molecule has 1 saturated carbocycles. The molecular weight excluding hydrogens is 781 g/mol. The fraction of sp³-hybridized carbons (Fsp3) is 0.136. The number of para-hydroxylation sites is 1. The average Bonchev–Trinajstić information content (AvgIpc) is 3.93. The van der Waals surface area contributed by atoms with Gasteiger partial charge in [0.2, 0.25) is 0 Å². The Hall–Kier alpha value is -5.09. The molecule has 49 heavy (non-hydrogen) atoms. The van der Waals surface area contributed by atoms with E-state index in [2.05, 4.69) is 71.7 Å². The van der Waals surface area contributed by atoms with Crippen LogP contribution in [-0.2, 0) is 20.1 Å². The molecule has 4 nitrogen and oxygen atoms in total. The molecule has 241 valence electrons. The van der Waals surface area contributed by atoms with Crippen molar-refractivity contribution in [3.05, 3.63) is 145 Å². The maximum Gasteiger partial charge on any atom is 0.143 e. The van der Waals surface area contributed by atoms with Crippen LogP contribution in [0.3, 0.4) is 0 Å². The van der Waals surface area contributed by atoms with Crippen LogP contribution >= 0.6 is 0 Å². The van der Waals surface area contributed by atoms with E-state index in [0.717, 1.165) is 77.2 Å². The van der Waals surface area contributed by atoms with Gasteiger partial charge in [0.05, 0.1) is 5.58 Å². The zero-order chi connectivity index (χ0) is 34.5. The Kier molecular flexibility index (Phi) is 7.43. The Balaban J connectivity index is 0.000000193. The summed E-state index contributed by atoms with van der Waals surface area (Å²) < 4.78 is 34.6. The second-order valence-corrected chi connectivity index (χ2v) is 12.4. The van der Waals surface area contributed by atoms with E-state index in [1.807, 2.05) is 42.6 Å². The minimum Gasteiger partial charge on any atom is -0.500 e. The summed E-state index contributed by atoms with van der Waals surface area (Å²) in [6.07, 6.45) is 8.50. The molecular formula is C44H32IrN2O2-2. The summed E-state index contributed by atoms with van der Waals surface area (Å²) in [4.78, 5) is 8.85. The molecule has 9 aromatic rings. The Morgan fingerprint density at radius 3 is 2.12 bits per heavy atom. The van der Waals surface area contributed by atoms with Crippen LogP contribution in [0.4, 0.5) is 0 Å². The normalized spacial score (nSPS) is 14.4. The van der Waals surface area contributed by atoms with Gasteiger partial charge in [-0.3, -0.25) is 0 Å². The summed E-state index contributed by atoms with van der Waals surface area (Å²) in [7, 11) is 0. The van der Waals surface area contributed by atoms with Crippen LogP contribution in [0.1, 0.15) is 46.8 Å². The van der Waals surface area contributed by atoms with E-state index in [0.29, 0.717) is 5.92 Å². The van der Waals surface area contributed by atoms with Crippen LogP contribution in [0, 0.1) is 19.0 Å². The van der Waals surface area contributed by atoms with Crippen LogP contribution in [0.25, 0.3) is 77.2 Å². The van der Waals surface area contributed by atoms with Crippen LogP contribution < -0.4 is 0 Å². The van der Waals surface area contributed by atoms with Gasteiger partial charge in [0, 0.05) is 63.5 Å². The summed E-state index contributed by atoms with van der Waals surface area (Å²) in [6.45, 7) is -2.09. The van der Waals surface area contributed by atoms with Crippen molar-refractivity contribution >= 4 is 54.6 Å². The van der Waals surface area contributed by atoms with E-state index in [1.165, 1.54) is 37.4 Å². The van der Waals surface area contributed by atoms with Gasteiger partial charge in [0.25, 0.3) is 0 Å². The van der Waals surface area contributed by atoms with Crippen molar-refractivity contribution in [3.8, 4) is 22.5 Å². The van der Waals surface area contributed by atoms with Crippen molar-refractivity contribution in [2.24, 2.45) is 0 Å². The van der Waals surface area contributed by atoms with Gasteiger partial charge >= 0.3 is 0 Å². The van der Waals surface area contributed by atoms with Crippen LogP contribution in [-0.4, -0.2) is 9.97 Å². The van der Waals surface area contributed by atoms with Gasteiger partial charge in [-0.25, -0.2) is 0 Å². The maximum absolute atomic E-state index is 7.23. The summed E-state index contributed by atoms with van der Waals surface area (Å²) in [5, 5.41) is 6.59. The summed E-state index contributed by atoms with van der Waals surface area (Å²) in [6, 6.07) is 42.5. The van der Waals surface area contributed by atoms with Crippen molar-refractivity contribution in [3.63, 3.8) is 0 Å². The summed E-state index contributed by atoms with van der Waals surface area (Å²) in [5.74, 6) is 0.641. The first-order chi connectivity index (χ1) is 24.9. The number of fused-ring (bicyclic) bond motifs is 9. The van der Waals surface area contributed by atoms with Gasteiger partial charge in [0.15, 0.2) is 0 Å². The summed E-state index contributed by atoms with van der Waals surface area (Å²) >= 11 is 0. The van der Waals surface area contributed by atoms with Crippen molar-refractivity contribution < 1.29 is 33.1 Å².